The SMILES string of the molecule is Cc1ncsc1C(NCC1CCCO1)C(N)=O. The monoisotopic (exact) mass is 255 g/mol. The molecule has 17 heavy (non-hydrogen) atoms. The number of nitrogens with one attached hydrogen (secondary N) is 1. The number of primary amides is 1. The Balaban J connectivity index is 1.98. The molecular formula is C11H17N3O2S. The fourth-order valence-corrected chi connectivity index (χ4v) is 2.85. The first-order chi connectivity index (χ1) is 8.18. The Morgan fingerprint density at radius 2 is 2.65 bits per heavy atom. The molecule has 0 radical (unpaired) electrons. The number of nitrogens with zero attached hydrogens (tertiary/aromatic N) is 1. The van der Waals surface area contributed by atoms with Crippen molar-refractivity contribution >= 4 is 17.2 Å². The molecule has 1 aliphatic heterocycles. The molecule has 0 aromatic carbocycles. The summed E-state index contributed by atoms with van der Waals surface area (Å²) in [5, 5.41) is 3.18. The third-order valence-corrected chi connectivity index (χ3v) is 3.90. The number of aromatic nitrogens is 1. The van der Waals surface area contributed by atoms with Crippen molar-refractivity contribution in [1.29, 1.82) is 0 Å². The summed E-state index contributed by atoms with van der Waals surface area (Å²) < 4.78 is 5.50. The molecule has 6 heteroatoms. The van der Waals surface area contributed by atoms with Crippen molar-refractivity contribution < 1.29 is 9.53 Å². The molecule has 3 N–H and O–H groups in total. The summed E-state index contributed by atoms with van der Waals surface area (Å²) in [6.07, 6.45) is 2.33. The van der Waals surface area contributed by atoms with Crippen LogP contribution in [0.25, 0.3) is 0 Å². The molecule has 2 heterocycles. The Bertz CT molecular complexity index is 388. The highest BCUT2D eigenvalue weighted by atomic mass is 32.1. The van der Waals surface area contributed by atoms with Gasteiger partial charge in [-0.15, -0.1) is 11.3 Å². The maximum Gasteiger partial charge on any atom is 0.240 e. The summed E-state index contributed by atoms with van der Waals surface area (Å²) >= 11 is 1.45. The quantitative estimate of drug-likeness (QED) is 0.814. The van der Waals surface area contributed by atoms with Crippen LogP contribution in [0, 0.1) is 6.92 Å². The standard InChI is InChI=1S/C11H17N3O2S/c1-7-10(17-6-14-7)9(11(12)15)13-5-8-3-2-4-16-8/h6,8-9,13H,2-5H2,1H3,(H2,12,15). The first-order valence-corrected chi connectivity index (χ1v) is 6.60. The molecule has 1 amide bonds. The van der Waals surface area contributed by atoms with E-state index >= 15 is 0 Å². The van der Waals surface area contributed by atoms with Gasteiger partial charge in [0.2, 0.25) is 5.91 Å². The van der Waals surface area contributed by atoms with Gasteiger partial charge in [-0.3, -0.25) is 10.1 Å². The van der Waals surface area contributed by atoms with Crippen LogP contribution in [-0.2, 0) is 9.53 Å². The topological polar surface area (TPSA) is 77.2 Å². The van der Waals surface area contributed by atoms with Crippen molar-refractivity contribution in [2.45, 2.75) is 31.9 Å². The first kappa shape index (κ1) is 12.5. The van der Waals surface area contributed by atoms with Gasteiger partial charge in [0, 0.05) is 13.2 Å². The lowest BCUT2D eigenvalue weighted by Gasteiger charge is -2.17. The van der Waals surface area contributed by atoms with Crippen LogP contribution in [0.4, 0.5) is 0 Å². The number of ether oxygens (including phenoxy) is 1. The number of amides is 1. The van der Waals surface area contributed by atoms with E-state index in [2.05, 4.69) is 10.3 Å². The maximum absolute atomic E-state index is 11.5. The average Bonchev–Trinajstić information content (AvgIpc) is 2.91. The number of nitrogens with two attached hydrogens (primary N) is 1. The molecular weight excluding hydrogens is 238 g/mol. The van der Waals surface area contributed by atoms with E-state index in [9.17, 15) is 4.79 Å². The van der Waals surface area contributed by atoms with Gasteiger partial charge in [0.25, 0.3) is 0 Å². The molecule has 0 saturated carbocycles. The van der Waals surface area contributed by atoms with Crippen LogP contribution in [0.1, 0.15) is 29.5 Å². The number of carbonyl (C=O) groups excluding carboxylic acids is 1. The lowest BCUT2D eigenvalue weighted by atomic mass is 10.1. The van der Waals surface area contributed by atoms with Crippen molar-refractivity contribution in [1.82, 2.24) is 10.3 Å². The molecule has 0 aliphatic carbocycles. The van der Waals surface area contributed by atoms with Gasteiger partial charge in [0.15, 0.2) is 0 Å². The van der Waals surface area contributed by atoms with E-state index in [-0.39, 0.29) is 12.0 Å². The third kappa shape index (κ3) is 3.02. The third-order valence-electron chi connectivity index (χ3n) is 2.90. The second-order valence-corrected chi connectivity index (χ2v) is 5.07. The lowest BCUT2D eigenvalue weighted by molar-refractivity contribution is -0.120. The zero-order chi connectivity index (χ0) is 12.3. The summed E-state index contributed by atoms with van der Waals surface area (Å²) in [5.74, 6) is -0.365. The average molecular weight is 255 g/mol. The minimum atomic E-state index is -0.452. The molecule has 1 aromatic heterocycles. The Morgan fingerprint density at radius 3 is 3.18 bits per heavy atom. The van der Waals surface area contributed by atoms with E-state index in [1.165, 1.54) is 11.3 Å². The van der Waals surface area contributed by atoms with Crippen LogP contribution in [0.5, 0.6) is 0 Å². The number of thiazole rings is 1. The van der Waals surface area contributed by atoms with E-state index in [4.69, 9.17) is 10.5 Å². The van der Waals surface area contributed by atoms with Crippen molar-refractivity contribution in [3.05, 3.63) is 16.1 Å². The van der Waals surface area contributed by atoms with Crippen LogP contribution in [0.15, 0.2) is 5.51 Å². The number of carbonyl (C=O) groups is 1. The van der Waals surface area contributed by atoms with Crippen molar-refractivity contribution in [2.75, 3.05) is 13.2 Å². The molecule has 1 aliphatic rings. The zero-order valence-electron chi connectivity index (χ0n) is 9.81. The van der Waals surface area contributed by atoms with E-state index in [1.54, 1.807) is 5.51 Å². The van der Waals surface area contributed by atoms with Gasteiger partial charge in [0.1, 0.15) is 6.04 Å². The van der Waals surface area contributed by atoms with Gasteiger partial charge >= 0.3 is 0 Å². The van der Waals surface area contributed by atoms with E-state index in [0.717, 1.165) is 30.0 Å². The smallest absolute Gasteiger partial charge is 0.240 e. The number of rotatable bonds is 5. The number of hydrogen-bond acceptors (Lipinski definition) is 5. The molecule has 0 spiro atoms. The van der Waals surface area contributed by atoms with Gasteiger partial charge in [-0.05, 0) is 19.8 Å². The van der Waals surface area contributed by atoms with Crippen LogP contribution < -0.4 is 11.1 Å². The molecule has 2 rings (SSSR count). The number of aryl methyl sites for hydroxylation is 1. The van der Waals surface area contributed by atoms with Crippen LogP contribution in [-0.4, -0.2) is 30.1 Å². The zero-order valence-corrected chi connectivity index (χ0v) is 10.6. The van der Waals surface area contributed by atoms with Gasteiger partial charge in [-0.25, -0.2) is 4.98 Å². The molecule has 2 atom stereocenters. The van der Waals surface area contributed by atoms with Gasteiger partial charge < -0.3 is 10.5 Å². The van der Waals surface area contributed by atoms with Crippen LogP contribution >= 0.6 is 11.3 Å². The fourth-order valence-electron chi connectivity index (χ4n) is 1.97. The largest absolute Gasteiger partial charge is 0.377 e. The minimum Gasteiger partial charge on any atom is -0.377 e. The Hall–Kier alpha value is -0.980. The summed E-state index contributed by atoms with van der Waals surface area (Å²) in [6, 6.07) is -0.452. The molecule has 94 valence electrons. The van der Waals surface area contributed by atoms with Gasteiger partial charge in [0.05, 0.1) is 22.2 Å². The Kier molecular flexibility index (Phi) is 4.09. The maximum atomic E-state index is 11.5. The summed E-state index contributed by atoms with van der Waals surface area (Å²) in [6.45, 7) is 3.35. The molecule has 0 bridgehead atoms. The van der Waals surface area contributed by atoms with Crippen LogP contribution in [0.3, 0.4) is 0 Å². The molecule has 1 saturated heterocycles. The molecule has 1 aromatic rings. The Morgan fingerprint density at radius 1 is 1.82 bits per heavy atom. The normalized spacial score (nSPS) is 21.6. The highest BCUT2D eigenvalue weighted by Crippen LogP contribution is 2.22. The van der Waals surface area contributed by atoms with Crippen molar-refractivity contribution in [3.63, 3.8) is 0 Å². The molecule has 2 unspecified atom stereocenters. The summed E-state index contributed by atoms with van der Waals surface area (Å²) in [7, 11) is 0. The highest BCUT2D eigenvalue weighted by molar-refractivity contribution is 7.10. The van der Waals surface area contributed by atoms with Gasteiger partial charge in [-0.2, -0.15) is 0 Å². The summed E-state index contributed by atoms with van der Waals surface area (Å²) in [4.78, 5) is 16.5. The predicted molar refractivity (Wildman–Crippen MR) is 65.8 cm³/mol. The fraction of sp³-hybridized carbons (Fsp3) is 0.636. The summed E-state index contributed by atoms with van der Waals surface area (Å²) in [5.41, 5.74) is 8.01. The molecule has 1 fully saturated rings. The predicted octanol–water partition coefficient (Wildman–Crippen LogP) is 0.747. The highest BCUT2D eigenvalue weighted by Gasteiger charge is 2.24. The first-order valence-electron chi connectivity index (χ1n) is 5.72. The van der Waals surface area contributed by atoms with Crippen LogP contribution in [0.2, 0.25) is 0 Å². The van der Waals surface area contributed by atoms with Crippen molar-refractivity contribution in [3.8, 4) is 0 Å². The second kappa shape index (κ2) is 5.57. The number of hydrogen-bond donors (Lipinski definition) is 2. The Labute approximate surface area is 104 Å². The van der Waals surface area contributed by atoms with Crippen molar-refractivity contribution in [2.24, 2.45) is 5.73 Å². The minimum absolute atomic E-state index is 0.199. The van der Waals surface area contributed by atoms with E-state index in [1.807, 2.05) is 6.92 Å². The lowest BCUT2D eigenvalue weighted by Crippen LogP contribution is -2.37. The van der Waals surface area contributed by atoms with E-state index < -0.39 is 6.04 Å². The van der Waals surface area contributed by atoms with Gasteiger partial charge in [-0.1, -0.05) is 0 Å². The van der Waals surface area contributed by atoms with E-state index in [0.29, 0.717) is 6.54 Å². The second-order valence-electron chi connectivity index (χ2n) is 4.18. The molecule has 5 nitrogen and oxygen atoms in total.